The van der Waals surface area contributed by atoms with Crippen LogP contribution in [-0.2, 0) is 4.79 Å². The second kappa shape index (κ2) is 52.9. The van der Waals surface area contributed by atoms with E-state index >= 15 is 0 Å². The molecule has 0 aliphatic rings. The van der Waals surface area contributed by atoms with E-state index in [2.05, 4.69) is 55.6 Å². The maximum Gasteiger partial charge on any atom is 0.249 e. The molecule has 0 heterocycles. The van der Waals surface area contributed by atoms with Crippen LogP contribution in [0, 0.1) is 0 Å². The molecule has 0 aromatic heterocycles. The zero-order valence-corrected chi connectivity index (χ0v) is 42.2. The normalized spacial score (nSPS) is 13.7. The second-order valence-corrected chi connectivity index (χ2v) is 19.1. The Morgan fingerprint density at radius 3 is 1.06 bits per heavy atom. The molecule has 0 spiro atoms. The van der Waals surface area contributed by atoms with Crippen molar-refractivity contribution in [2.75, 3.05) is 6.61 Å². The van der Waals surface area contributed by atoms with Crippen LogP contribution in [0.1, 0.15) is 290 Å². The van der Waals surface area contributed by atoms with Gasteiger partial charge in [0.05, 0.1) is 18.8 Å². The highest BCUT2D eigenvalue weighted by Gasteiger charge is 2.22. The smallest absolute Gasteiger partial charge is 0.249 e. The van der Waals surface area contributed by atoms with Crippen LogP contribution in [0.25, 0.3) is 0 Å². The average molecular weight is 885 g/mol. The second-order valence-electron chi connectivity index (χ2n) is 19.1. The van der Waals surface area contributed by atoms with Crippen molar-refractivity contribution in [3.05, 3.63) is 48.6 Å². The molecule has 0 radical (unpaired) electrons. The number of nitrogens with one attached hydrogen (secondary N) is 1. The van der Waals surface area contributed by atoms with Crippen molar-refractivity contribution in [1.82, 2.24) is 5.32 Å². The third-order valence-corrected chi connectivity index (χ3v) is 12.9. The molecule has 1 amide bonds. The monoisotopic (exact) mass is 884 g/mol. The molecule has 0 aromatic carbocycles. The van der Waals surface area contributed by atoms with Gasteiger partial charge in [0.2, 0.25) is 5.91 Å². The first kappa shape index (κ1) is 61.3. The predicted molar refractivity (Wildman–Crippen MR) is 277 cm³/mol. The lowest BCUT2D eigenvalue weighted by Gasteiger charge is -2.21. The van der Waals surface area contributed by atoms with Crippen molar-refractivity contribution in [3.8, 4) is 0 Å². The van der Waals surface area contributed by atoms with Gasteiger partial charge in [0.15, 0.2) is 0 Å². The summed E-state index contributed by atoms with van der Waals surface area (Å²) in [6, 6.07) is -0.817. The largest absolute Gasteiger partial charge is 0.394 e. The molecular weight excluding hydrogens is 775 g/mol. The van der Waals surface area contributed by atoms with E-state index in [0.717, 1.165) is 44.9 Å². The lowest BCUT2D eigenvalue weighted by molar-refractivity contribution is -0.131. The van der Waals surface area contributed by atoms with E-state index in [4.69, 9.17) is 0 Å². The van der Waals surface area contributed by atoms with E-state index in [-0.39, 0.29) is 6.61 Å². The Kier molecular flexibility index (Phi) is 51.5. The Labute approximate surface area is 393 Å². The minimum absolute atomic E-state index is 0.377. The maximum absolute atomic E-state index is 12.5. The maximum atomic E-state index is 12.5. The van der Waals surface area contributed by atoms with Crippen LogP contribution in [0.5, 0.6) is 0 Å². The summed E-state index contributed by atoms with van der Waals surface area (Å²) in [6.07, 6.45) is 70.4. The molecule has 0 saturated heterocycles. The summed E-state index contributed by atoms with van der Waals surface area (Å²) in [6.45, 7) is 4.20. The zero-order chi connectivity index (χ0) is 45.8. The number of aliphatic hydroxyl groups is 3. The van der Waals surface area contributed by atoms with Crippen molar-refractivity contribution in [2.24, 2.45) is 0 Å². The molecule has 5 heteroatoms. The van der Waals surface area contributed by atoms with Gasteiger partial charge in [0.25, 0.3) is 0 Å². The topological polar surface area (TPSA) is 89.8 Å². The third-order valence-electron chi connectivity index (χ3n) is 12.9. The van der Waals surface area contributed by atoms with Gasteiger partial charge < -0.3 is 20.6 Å². The number of hydrogen-bond acceptors (Lipinski definition) is 4. The molecule has 63 heavy (non-hydrogen) atoms. The van der Waals surface area contributed by atoms with Gasteiger partial charge in [-0.2, -0.15) is 0 Å². The van der Waals surface area contributed by atoms with Crippen molar-refractivity contribution < 1.29 is 20.1 Å². The quantitative estimate of drug-likeness (QED) is 0.0362. The van der Waals surface area contributed by atoms with Crippen molar-refractivity contribution >= 4 is 5.91 Å². The van der Waals surface area contributed by atoms with Crippen LogP contribution in [0.3, 0.4) is 0 Å². The number of rotatable bonds is 51. The molecule has 5 nitrogen and oxygen atoms in total. The van der Waals surface area contributed by atoms with Crippen LogP contribution in [0.4, 0.5) is 0 Å². The molecule has 3 atom stereocenters. The first-order chi connectivity index (χ1) is 31.1. The molecule has 0 fully saturated rings. The highest BCUT2D eigenvalue weighted by Crippen LogP contribution is 2.16. The summed E-state index contributed by atoms with van der Waals surface area (Å²) in [5, 5.41) is 33.3. The predicted octanol–water partition coefficient (Wildman–Crippen LogP) is 17.2. The van der Waals surface area contributed by atoms with Gasteiger partial charge in [-0.05, 0) is 64.2 Å². The first-order valence-electron chi connectivity index (χ1n) is 28.0. The molecule has 0 aliphatic carbocycles. The molecule has 0 saturated carbocycles. The third kappa shape index (κ3) is 48.1. The molecular formula is C58H109NO4. The summed E-state index contributed by atoms with van der Waals surface area (Å²) >= 11 is 0. The Bertz CT molecular complexity index is 1020. The molecule has 4 N–H and O–H groups in total. The molecule has 0 aliphatic heterocycles. The van der Waals surface area contributed by atoms with Gasteiger partial charge in [0, 0.05) is 0 Å². The minimum Gasteiger partial charge on any atom is -0.394 e. The van der Waals surface area contributed by atoms with E-state index in [0.29, 0.717) is 6.42 Å². The van der Waals surface area contributed by atoms with Crippen molar-refractivity contribution in [2.45, 2.75) is 308 Å². The SMILES string of the molecule is CCCCCCCCCCC/C=C\C/C=C\CCCCCCCCCCCCCCC(O)C(=O)NC(CO)C(O)/C=C/CC/C=C/CCCCCCCCCCCCCCCCC. The van der Waals surface area contributed by atoms with Gasteiger partial charge in [-0.15, -0.1) is 0 Å². The summed E-state index contributed by atoms with van der Waals surface area (Å²) in [7, 11) is 0. The standard InChI is InChI=1S/C58H109NO4/c1-3-5-7-9-11-13-15-17-19-21-23-25-26-27-28-29-30-31-33-35-37-39-41-43-45-47-49-51-53-57(62)58(63)59-55(54-60)56(61)52-50-48-46-44-42-40-38-36-34-32-24-22-20-18-16-14-12-10-8-6-4-2/h23,25,27-28,42,44,50,52,55-57,60-62H,3-22,24,26,29-41,43,45-49,51,53-54H2,1-2H3,(H,59,63)/b25-23-,28-27-,44-42+,52-50+. The Hall–Kier alpha value is -1.69. The van der Waals surface area contributed by atoms with Crippen LogP contribution >= 0.6 is 0 Å². The van der Waals surface area contributed by atoms with E-state index in [1.54, 1.807) is 6.08 Å². The molecule has 370 valence electrons. The lowest BCUT2D eigenvalue weighted by Crippen LogP contribution is -2.48. The van der Waals surface area contributed by atoms with E-state index in [1.807, 2.05) is 6.08 Å². The fourth-order valence-corrected chi connectivity index (χ4v) is 8.53. The highest BCUT2D eigenvalue weighted by molar-refractivity contribution is 5.80. The van der Waals surface area contributed by atoms with Gasteiger partial charge in [0.1, 0.15) is 6.10 Å². The Morgan fingerprint density at radius 2 is 0.698 bits per heavy atom. The number of unbranched alkanes of at least 4 members (excludes halogenated alkanes) is 37. The fraction of sp³-hybridized carbons (Fsp3) is 0.845. The van der Waals surface area contributed by atoms with Crippen LogP contribution < -0.4 is 5.32 Å². The average Bonchev–Trinajstić information content (AvgIpc) is 3.29. The number of carbonyl (C=O) groups is 1. The van der Waals surface area contributed by atoms with Crippen molar-refractivity contribution in [1.29, 1.82) is 0 Å². The van der Waals surface area contributed by atoms with E-state index < -0.39 is 24.2 Å². The van der Waals surface area contributed by atoms with Crippen LogP contribution in [-0.4, -0.2) is 46.1 Å². The number of amides is 1. The van der Waals surface area contributed by atoms with Gasteiger partial charge in [-0.1, -0.05) is 274 Å². The number of allylic oxidation sites excluding steroid dienone is 7. The van der Waals surface area contributed by atoms with Crippen LogP contribution in [0.2, 0.25) is 0 Å². The Morgan fingerprint density at radius 1 is 0.397 bits per heavy atom. The number of carbonyl (C=O) groups excluding carboxylic acids is 1. The summed E-state index contributed by atoms with van der Waals surface area (Å²) in [5.41, 5.74) is 0. The highest BCUT2D eigenvalue weighted by atomic mass is 16.3. The summed E-state index contributed by atoms with van der Waals surface area (Å²) < 4.78 is 0. The molecule has 3 unspecified atom stereocenters. The number of aliphatic hydroxyl groups excluding tert-OH is 3. The zero-order valence-electron chi connectivity index (χ0n) is 42.2. The Balaban J connectivity index is 3.62. The lowest BCUT2D eigenvalue weighted by atomic mass is 10.0. The molecule has 0 rings (SSSR count). The molecule has 0 aromatic rings. The first-order valence-corrected chi connectivity index (χ1v) is 28.0. The van der Waals surface area contributed by atoms with Crippen LogP contribution in [0.15, 0.2) is 48.6 Å². The van der Waals surface area contributed by atoms with Gasteiger partial charge in [-0.25, -0.2) is 0 Å². The molecule has 0 bridgehead atoms. The van der Waals surface area contributed by atoms with Gasteiger partial charge >= 0.3 is 0 Å². The van der Waals surface area contributed by atoms with E-state index in [9.17, 15) is 20.1 Å². The summed E-state index contributed by atoms with van der Waals surface area (Å²) in [4.78, 5) is 12.5. The van der Waals surface area contributed by atoms with E-state index in [1.165, 1.54) is 225 Å². The van der Waals surface area contributed by atoms with Gasteiger partial charge in [-0.3, -0.25) is 4.79 Å². The fourth-order valence-electron chi connectivity index (χ4n) is 8.53. The summed E-state index contributed by atoms with van der Waals surface area (Å²) in [5.74, 6) is -0.512. The van der Waals surface area contributed by atoms with Crippen molar-refractivity contribution in [3.63, 3.8) is 0 Å². The number of hydrogen-bond donors (Lipinski definition) is 4. The minimum atomic E-state index is -1.11.